The zero-order chi connectivity index (χ0) is 21.0. The predicted molar refractivity (Wildman–Crippen MR) is 117 cm³/mol. The van der Waals surface area contributed by atoms with E-state index in [0.717, 1.165) is 24.2 Å². The number of thiocarbonyl (C=S) groups is 1. The van der Waals surface area contributed by atoms with Gasteiger partial charge in [0.05, 0.1) is 11.6 Å². The standard InChI is InChI=1S/C23H24N2O3S/c1-4-14-25-15(2)20(16(3)26)21(24-23(25)29)17-10-12-19(13-11-17)28-22(27)18-8-6-5-7-9-18/h5-13,21H,4,14H2,1-3H3,(H,24,29). The van der Waals surface area contributed by atoms with Gasteiger partial charge in [0.1, 0.15) is 5.75 Å². The van der Waals surface area contributed by atoms with Gasteiger partial charge in [-0.2, -0.15) is 0 Å². The second-order valence-electron chi connectivity index (χ2n) is 6.91. The molecule has 0 fully saturated rings. The molecule has 0 radical (unpaired) electrons. The minimum absolute atomic E-state index is 0.00295. The molecule has 1 atom stereocenters. The summed E-state index contributed by atoms with van der Waals surface area (Å²) in [7, 11) is 0. The van der Waals surface area contributed by atoms with Crippen molar-refractivity contribution >= 4 is 29.1 Å². The van der Waals surface area contributed by atoms with Crippen molar-refractivity contribution in [3.05, 3.63) is 77.0 Å². The number of esters is 1. The van der Waals surface area contributed by atoms with E-state index in [1.165, 1.54) is 0 Å². The molecule has 29 heavy (non-hydrogen) atoms. The number of hydrogen-bond acceptors (Lipinski definition) is 4. The quantitative estimate of drug-likeness (QED) is 0.434. The van der Waals surface area contributed by atoms with Crippen LogP contribution in [0.25, 0.3) is 0 Å². The van der Waals surface area contributed by atoms with Gasteiger partial charge in [-0.15, -0.1) is 0 Å². The molecule has 3 rings (SSSR count). The summed E-state index contributed by atoms with van der Waals surface area (Å²) in [6.45, 7) is 6.34. The van der Waals surface area contributed by atoms with E-state index in [-0.39, 0.29) is 11.8 Å². The van der Waals surface area contributed by atoms with E-state index >= 15 is 0 Å². The average molecular weight is 409 g/mol. The Morgan fingerprint density at radius 2 is 1.76 bits per heavy atom. The van der Waals surface area contributed by atoms with Crippen LogP contribution in [0.1, 0.15) is 49.2 Å². The fraction of sp³-hybridized carbons (Fsp3) is 0.261. The van der Waals surface area contributed by atoms with Gasteiger partial charge in [0.15, 0.2) is 10.9 Å². The summed E-state index contributed by atoms with van der Waals surface area (Å²) < 4.78 is 5.44. The van der Waals surface area contributed by atoms with Crippen molar-refractivity contribution in [2.45, 2.75) is 33.2 Å². The number of benzene rings is 2. The van der Waals surface area contributed by atoms with Crippen LogP contribution in [0.4, 0.5) is 0 Å². The molecular weight excluding hydrogens is 384 g/mol. The van der Waals surface area contributed by atoms with Crippen LogP contribution in [-0.4, -0.2) is 28.3 Å². The molecule has 2 aromatic carbocycles. The van der Waals surface area contributed by atoms with Crippen molar-refractivity contribution < 1.29 is 14.3 Å². The fourth-order valence-corrected chi connectivity index (χ4v) is 3.80. The van der Waals surface area contributed by atoms with Crippen LogP contribution in [0.15, 0.2) is 65.9 Å². The van der Waals surface area contributed by atoms with E-state index in [4.69, 9.17) is 17.0 Å². The molecule has 0 aliphatic carbocycles. The Balaban J connectivity index is 1.84. The number of carbonyl (C=O) groups excluding carboxylic acids is 2. The van der Waals surface area contributed by atoms with E-state index in [9.17, 15) is 9.59 Å². The first kappa shape index (κ1) is 20.7. The molecule has 2 aromatic rings. The van der Waals surface area contributed by atoms with E-state index in [1.54, 1.807) is 43.3 Å². The Kier molecular flexibility index (Phi) is 6.44. The highest BCUT2D eigenvalue weighted by Gasteiger charge is 2.31. The third-order valence-corrected chi connectivity index (χ3v) is 5.19. The molecule has 6 heteroatoms. The molecule has 0 amide bonds. The molecule has 1 N–H and O–H groups in total. The molecular formula is C23H24N2O3S. The van der Waals surface area contributed by atoms with Crippen LogP contribution < -0.4 is 10.1 Å². The molecule has 0 spiro atoms. The number of nitrogens with zero attached hydrogens (tertiary/aromatic N) is 1. The lowest BCUT2D eigenvalue weighted by atomic mass is 9.92. The summed E-state index contributed by atoms with van der Waals surface area (Å²) in [5.74, 6) is 0.0348. The average Bonchev–Trinajstić information content (AvgIpc) is 2.71. The third kappa shape index (κ3) is 4.54. The first-order chi connectivity index (χ1) is 13.9. The predicted octanol–water partition coefficient (Wildman–Crippen LogP) is 4.41. The van der Waals surface area contributed by atoms with Crippen LogP contribution in [0.3, 0.4) is 0 Å². The van der Waals surface area contributed by atoms with E-state index in [1.807, 2.05) is 30.0 Å². The van der Waals surface area contributed by atoms with Crippen molar-refractivity contribution in [3.63, 3.8) is 0 Å². The maximum atomic E-state index is 12.4. The van der Waals surface area contributed by atoms with Crippen molar-refractivity contribution in [2.24, 2.45) is 0 Å². The van der Waals surface area contributed by atoms with E-state index in [2.05, 4.69) is 12.2 Å². The molecule has 1 aliphatic heterocycles. The van der Waals surface area contributed by atoms with Gasteiger partial charge in [-0.05, 0) is 62.3 Å². The molecule has 150 valence electrons. The Bertz CT molecular complexity index is 952. The highest BCUT2D eigenvalue weighted by atomic mass is 32.1. The second kappa shape index (κ2) is 9.01. The number of hydrogen-bond donors (Lipinski definition) is 1. The first-order valence-electron chi connectivity index (χ1n) is 9.59. The molecule has 0 bridgehead atoms. The molecule has 0 saturated carbocycles. The Labute approximate surface area is 176 Å². The summed E-state index contributed by atoms with van der Waals surface area (Å²) in [4.78, 5) is 26.6. The number of ketones is 1. The summed E-state index contributed by atoms with van der Waals surface area (Å²) in [6, 6.07) is 15.7. The van der Waals surface area contributed by atoms with Crippen LogP contribution in [0, 0.1) is 0 Å². The highest BCUT2D eigenvalue weighted by molar-refractivity contribution is 7.80. The van der Waals surface area contributed by atoms with Crippen molar-refractivity contribution in [1.29, 1.82) is 0 Å². The lowest BCUT2D eigenvalue weighted by Gasteiger charge is -2.37. The summed E-state index contributed by atoms with van der Waals surface area (Å²) in [6.07, 6.45) is 0.927. The minimum Gasteiger partial charge on any atom is -0.423 e. The van der Waals surface area contributed by atoms with Gasteiger partial charge >= 0.3 is 5.97 Å². The van der Waals surface area contributed by atoms with Crippen LogP contribution in [0.2, 0.25) is 0 Å². The first-order valence-corrected chi connectivity index (χ1v) is 10.00. The normalized spacial score (nSPS) is 16.4. The van der Waals surface area contributed by atoms with Crippen molar-refractivity contribution in [2.75, 3.05) is 6.54 Å². The van der Waals surface area contributed by atoms with Gasteiger partial charge in [-0.3, -0.25) is 4.79 Å². The summed E-state index contributed by atoms with van der Waals surface area (Å²) in [5.41, 5.74) is 2.95. The lowest BCUT2D eigenvalue weighted by Crippen LogP contribution is -2.47. The second-order valence-corrected chi connectivity index (χ2v) is 7.30. The van der Waals surface area contributed by atoms with Crippen LogP contribution in [-0.2, 0) is 4.79 Å². The topological polar surface area (TPSA) is 58.6 Å². The number of Topliss-reactive ketones (excluding diaryl/α,β-unsaturated/α-hetero) is 1. The molecule has 1 aliphatic rings. The number of nitrogens with one attached hydrogen (secondary N) is 1. The largest absolute Gasteiger partial charge is 0.423 e. The van der Waals surface area contributed by atoms with Crippen LogP contribution >= 0.6 is 12.2 Å². The Morgan fingerprint density at radius 3 is 2.34 bits per heavy atom. The minimum atomic E-state index is -0.411. The zero-order valence-corrected chi connectivity index (χ0v) is 17.6. The number of ether oxygens (including phenoxy) is 1. The Hall–Kier alpha value is -2.99. The van der Waals surface area contributed by atoms with E-state index in [0.29, 0.717) is 22.0 Å². The molecule has 5 nitrogen and oxygen atoms in total. The van der Waals surface area contributed by atoms with Gasteiger partial charge in [0.2, 0.25) is 0 Å². The zero-order valence-electron chi connectivity index (χ0n) is 16.8. The van der Waals surface area contributed by atoms with Crippen molar-refractivity contribution in [3.8, 4) is 5.75 Å². The van der Waals surface area contributed by atoms with Gasteiger partial charge in [-0.25, -0.2) is 4.79 Å². The number of carbonyl (C=O) groups is 2. The monoisotopic (exact) mass is 408 g/mol. The lowest BCUT2D eigenvalue weighted by molar-refractivity contribution is -0.114. The molecule has 1 unspecified atom stereocenters. The van der Waals surface area contributed by atoms with E-state index < -0.39 is 5.97 Å². The number of allylic oxidation sites excluding steroid dienone is 1. The van der Waals surface area contributed by atoms with Crippen LogP contribution in [0.5, 0.6) is 5.75 Å². The highest BCUT2D eigenvalue weighted by Crippen LogP contribution is 2.32. The molecule has 0 saturated heterocycles. The summed E-state index contributed by atoms with van der Waals surface area (Å²) >= 11 is 5.52. The third-order valence-electron chi connectivity index (χ3n) is 4.86. The summed E-state index contributed by atoms with van der Waals surface area (Å²) in [5, 5.41) is 3.90. The molecule has 0 aromatic heterocycles. The maximum absolute atomic E-state index is 12.4. The van der Waals surface area contributed by atoms with Crippen molar-refractivity contribution in [1.82, 2.24) is 10.2 Å². The maximum Gasteiger partial charge on any atom is 0.343 e. The smallest absolute Gasteiger partial charge is 0.343 e. The SMILES string of the molecule is CCCN1C(=S)NC(c2ccc(OC(=O)c3ccccc3)cc2)C(C(C)=O)=C1C. The fourth-order valence-electron chi connectivity index (χ4n) is 3.45. The van der Waals surface area contributed by atoms with Gasteiger partial charge in [-0.1, -0.05) is 37.3 Å². The van der Waals surface area contributed by atoms with Gasteiger partial charge < -0.3 is 15.0 Å². The van der Waals surface area contributed by atoms with Gasteiger partial charge in [0, 0.05) is 17.8 Å². The Morgan fingerprint density at radius 1 is 1.10 bits per heavy atom. The van der Waals surface area contributed by atoms with Gasteiger partial charge in [0.25, 0.3) is 0 Å². The number of rotatable bonds is 6. The molecule has 1 heterocycles.